The van der Waals surface area contributed by atoms with Crippen LogP contribution in [0, 0.1) is 5.92 Å². The van der Waals surface area contributed by atoms with Crippen molar-refractivity contribution in [2.24, 2.45) is 5.92 Å². The SMILES string of the molecule is O=C(c1cc(Cc2n[nH]c(=O)c3ccccc23)ccn1)N1CCN(C(=O)C2CCCC2)CC1. The van der Waals surface area contributed by atoms with Gasteiger partial charge in [-0.25, -0.2) is 5.10 Å². The number of hydrogen-bond acceptors (Lipinski definition) is 5. The number of amides is 2. The van der Waals surface area contributed by atoms with Crippen molar-refractivity contribution in [3.8, 4) is 0 Å². The van der Waals surface area contributed by atoms with Crippen LogP contribution in [-0.4, -0.2) is 63.0 Å². The molecule has 1 N–H and O–H groups in total. The predicted octanol–water partition coefficient (Wildman–Crippen LogP) is 2.38. The van der Waals surface area contributed by atoms with Crippen LogP contribution in [0.3, 0.4) is 0 Å². The smallest absolute Gasteiger partial charge is 0.272 e. The number of hydrogen-bond donors (Lipinski definition) is 1. The molecular weight excluding hydrogens is 418 g/mol. The lowest BCUT2D eigenvalue weighted by Crippen LogP contribution is -2.51. The fraction of sp³-hybridized carbons (Fsp3) is 0.400. The Kier molecular flexibility index (Phi) is 5.90. The molecule has 8 nitrogen and oxygen atoms in total. The molecule has 1 saturated carbocycles. The van der Waals surface area contributed by atoms with Crippen molar-refractivity contribution in [1.29, 1.82) is 0 Å². The number of rotatable bonds is 4. The van der Waals surface area contributed by atoms with E-state index in [1.54, 1.807) is 23.2 Å². The van der Waals surface area contributed by atoms with E-state index in [1.807, 2.05) is 29.2 Å². The molecule has 1 aliphatic carbocycles. The van der Waals surface area contributed by atoms with E-state index < -0.39 is 0 Å². The van der Waals surface area contributed by atoms with Gasteiger partial charge in [0.25, 0.3) is 11.5 Å². The van der Waals surface area contributed by atoms with Crippen LogP contribution in [0.4, 0.5) is 0 Å². The molecule has 0 atom stereocenters. The first kappa shape index (κ1) is 21.3. The third-order valence-corrected chi connectivity index (χ3v) is 6.77. The van der Waals surface area contributed by atoms with Crippen molar-refractivity contribution in [3.63, 3.8) is 0 Å². The summed E-state index contributed by atoms with van der Waals surface area (Å²) in [5.74, 6) is 0.299. The number of H-pyrrole nitrogens is 1. The van der Waals surface area contributed by atoms with E-state index in [1.165, 1.54) is 0 Å². The van der Waals surface area contributed by atoms with Crippen LogP contribution in [0.2, 0.25) is 0 Å². The van der Waals surface area contributed by atoms with Crippen LogP contribution in [0.1, 0.15) is 47.4 Å². The lowest BCUT2D eigenvalue weighted by Gasteiger charge is -2.35. The first-order chi connectivity index (χ1) is 16.1. The molecule has 0 radical (unpaired) electrons. The first-order valence-electron chi connectivity index (χ1n) is 11.6. The van der Waals surface area contributed by atoms with Gasteiger partial charge < -0.3 is 9.80 Å². The summed E-state index contributed by atoms with van der Waals surface area (Å²) in [5, 5.41) is 8.19. The Bertz CT molecular complexity index is 1240. The van der Waals surface area contributed by atoms with Crippen LogP contribution in [-0.2, 0) is 11.2 Å². The second kappa shape index (κ2) is 9.13. The number of aromatic amines is 1. The van der Waals surface area contributed by atoms with Gasteiger partial charge >= 0.3 is 0 Å². The minimum absolute atomic E-state index is 0.121. The zero-order valence-corrected chi connectivity index (χ0v) is 18.5. The Morgan fingerprint density at radius 1 is 0.970 bits per heavy atom. The molecule has 8 heteroatoms. The van der Waals surface area contributed by atoms with Gasteiger partial charge in [-0.1, -0.05) is 31.0 Å². The van der Waals surface area contributed by atoms with E-state index in [0.717, 1.165) is 42.3 Å². The Morgan fingerprint density at radius 2 is 1.67 bits per heavy atom. The van der Waals surface area contributed by atoms with Crippen LogP contribution in [0.5, 0.6) is 0 Å². The van der Waals surface area contributed by atoms with Gasteiger partial charge in [-0.15, -0.1) is 0 Å². The fourth-order valence-electron chi connectivity index (χ4n) is 4.92. The van der Waals surface area contributed by atoms with Gasteiger partial charge in [-0.2, -0.15) is 5.10 Å². The van der Waals surface area contributed by atoms with Crippen molar-refractivity contribution in [2.45, 2.75) is 32.1 Å². The minimum atomic E-state index is -0.217. The number of nitrogens with one attached hydrogen (secondary N) is 1. The molecule has 1 aliphatic heterocycles. The lowest BCUT2D eigenvalue weighted by molar-refractivity contribution is -0.136. The fourth-order valence-corrected chi connectivity index (χ4v) is 4.92. The summed E-state index contributed by atoms with van der Waals surface area (Å²) in [4.78, 5) is 45.8. The molecule has 2 fully saturated rings. The molecule has 0 spiro atoms. The summed E-state index contributed by atoms with van der Waals surface area (Å²) in [6.45, 7) is 2.20. The molecule has 2 aromatic heterocycles. The summed E-state index contributed by atoms with van der Waals surface area (Å²) in [6.07, 6.45) is 6.38. The number of fused-ring (bicyclic) bond motifs is 1. The van der Waals surface area contributed by atoms with Gasteiger partial charge in [0.2, 0.25) is 5.91 Å². The van der Waals surface area contributed by atoms with Crippen LogP contribution in [0.25, 0.3) is 10.8 Å². The average Bonchev–Trinajstić information content (AvgIpc) is 3.40. The van der Waals surface area contributed by atoms with Gasteiger partial charge in [-0.05, 0) is 36.6 Å². The number of carbonyl (C=O) groups is 2. The number of pyridine rings is 1. The highest BCUT2D eigenvalue weighted by atomic mass is 16.2. The van der Waals surface area contributed by atoms with Gasteiger partial charge in [0.1, 0.15) is 5.69 Å². The standard InChI is InChI=1S/C25H27N5O3/c31-23-20-8-4-3-7-19(20)21(27-28-23)15-17-9-10-26-22(16-17)25(33)30-13-11-29(12-14-30)24(32)18-5-1-2-6-18/h3-4,7-10,16,18H,1-2,5-6,11-15H2,(H,28,31). The van der Waals surface area contributed by atoms with Crippen molar-refractivity contribution in [1.82, 2.24) is 25.0 Å². The van der Waals surface area contributed by atoms with Crippen molar-refractivity contribution < 1.29 is 9.59 Å². The minimum Gasteiger partial charge on any atom is -0.339 e. The number of nitrogens with zero attached hydrogens (tertiary/aromatic N) is 4. The lowest BCUT2D eigenvalue weighted by atomic mass is 10.0. The molecule has 1 aromatic carbocycles. The van der Waals surface area contributed by atoms with E-state index >= 15 is 0 Å². The van der Waals surface area contributed by atoms with Crippen LogP contribution < -0.4 is 5.56 Å². The van der Waals surface area contributed by atoms with Crippen LogP contribution >= 0.6 is 0 Å². The molecule has 5 rings (SSSR count). The normalized spacial score (nSPS) is 17.0. The molecular formula is C25H27N5O3. The second-order valence-corrected chi connectivity index (χ2v) is 8.87. The quantitative estimate of drug-likeness (QED) is 0.665. The third kappa shape index (κ3) is 4.37. The Balaban J connectivity index is 1.27. The Labute approximate surface area is 191 Å². The van der Waals surface area contributed by atoms with Crippen molar-refractivity contribution >= 4 is 22.6 Å². The maximum absolute atomic E-state index is 13.1. The van der Waals surface area contributed by atoms with E-state index in [9.17, 15) is 14.4 Å². The molecule has 3 heterocycles. The zero-order valence-electron chi connectivity index (χ0n) is 18.5. The van der Waals surface area contributed by atoms with Crippen molar-refractivity contribution in [2.75, 3.05) is 26.2 Å². The van der Waals surface area contributed by atoms with E-state index in [4.69, 9.17) is 0 Å². The van der Waals surface area contributed by atoms with Crippen LogP contribution in [0.15, 0.2) is 47.4 Å². The molecule has 0 bridgehead atoms. The largest absolute Gasteiger partial charge is 0.339 e. The molecule has 2 amide bonds. The third-order valence-electron chi connectivity index (χ3n) is 6.77. The van der Waals surface area contributed by atoms with Gasteiger partial charge in [0.15, 0.2) is 0 Å². The number of aromatic nitrogens is 3. The molecule has 2 aliphatic rings. The molecule has 1 saturated heterocycles. The highest BCUT2D eigenvalue weighted by Crippen LogP contribution is 2.27. The molecule has 33 heavy (non-hydrogen) atoms. The van der Waals surface area contributed by atoms with Crippen molar-refractivity contribution in [3.05, 3.63) is 69.9 Å². The Hall–Kier alpha value is -3.55. The molecule has 170 valence electrons. The monoisotopic (exact) mass is 445 g/mol. The first-order valence-corrected chi connectivity index (χ1v) is 11.6. The maximum atomic E-state index is 13.1. The molecule has 0 unspecified atom stereocenters. The zero-order chi connectivity index (χ0) is 22.8. The highest BCUT2D eigenvalue weighted by molar-refractivity contribution is 5.93. The Morgan fingerprint density at radius 3 is 2.42 bits per heavy atom. The average molecular weight is 446 g/mol. The number of piperazine rings is 1. The van der Waals surface area contributed by atoms with Gasteiger partial charge in [0.05, 0.1) is 11.1 Å². The van der Waals surface area contributed by atoms with E-state index in [-0.39, 0.29) is 23.3 Å². The number of carbonyl (C=O) groups excluding carboxylic acids is 2. The highest BCUT2D eigenvalue weighted by Gasteiger charge is 2.31. The predicted molar refractivity (Wildman–Crippen MR) is 124 cm³/mol. The molecule has 3 aromatic rings. The summed E-state index contributed by atoms with van der Waals surface area (Å²) in [6, 6.07) is 11.0. The van der Waals surface area contributed by atoms with E-state index in [0.29, 0.717) is 43.7 Å². The summed E-state index contributed by atoms with van der Waals surface area (Å²) in [7, 11) is 0. The van der Waals surface area contributed by atoms with Gasteiger partial charge in [-0.3, -0.25) is 19.4 Å². The number of benzene rings is 1. The second-order valence-electron chi connectivity index (χ2n) is 8.87. The maximum Gasteiger partial charge on any atom is 0.272 e. The van der Waals surface area contributed by atoms with E-state index in [2.05, 4.69) is 15.2 Å². The summed E-state index contributed by atoms with van der Waals surface area (Å²) in [5.41, 5.74) is 1.81. The summed E-state index contributed by atoms with van der Waals surface area (Å²) < 4.78 is 0. The topological polar surface area (TPSA) is 99.3 Å². The summed E-state index contributed by atoms with van der Waals surface area (Å²) >= 11 is 0. The van der Waals surface area contributed by atoms with Gasteiger partial charge in [0, 0.05) is 50.1 Å².